The lowest BCUT2D eigenvalue weighted by Crippen LogP contribution is -2.12. The molecule has 21 heavy (non-hydrogen) atoms. The Labute approximate surface area is 123 Å². The molecule has 0 bridgehead atoms. The number of benzene rings is 2. The first-order chi connectivity index (χ1) is 10.3. The second-order valence-electron chi connectivity index (χ2n) is 4.60. The van der Waals surface area contributed by atoms with Crippen molar-refractivity contribution in [2.24, 2.45) is 0 Å². The maximum Gasteiger partial charge on any atom is 0.256 e. The van der Waals surface area contributed by atoms with Crippen molar-refractivity contribution in [3.63, 3.8) is 0 Å². The fourth-order valence-electron chi connectivity index (χ4n) is 2.18. The van der Waals surface area contributed by atoms with Gasteiger partial charge in [-0.2, -0.15) is 0 Å². The number of nitrogens with one attached hydrogen (secondary N) is 1. The van der Waals surface area contributed by atoms with E-state index in [1.807, 2.05) is 66.7 Å². The highest BCUT2D eigenvalue weighted by Gasteiger charge is 2.12. The van der Waals surface area contributed by atoms with E-state index in [9.17, 15) is 4.79 Å². The van der Waals surface area contributed by atoms with Crippen LogP contribution in [0.1, 0.15) is 10.4 Å². The summed E-state index contributed by atoms with van der Waals surface area (Å²) in [7, 11) is 0. The summed E-state index contributed by atoms with van der Waals surface area (Å²) in [6, 6.07) is 20.8. The highest BCUT2D eigenvalue weighted by atomic mass is 16.1. The third-order valence-electron chi connectivity index (χ3n) is 3.19. The molecule has 1 N–H and O–H groups in total. The van der Waals surface area contributed by atoms with Gasteiger partial charge in [0.15, 0.2) is 0 Å². The second-order valence-corrected chi connectivity index (χ2v) is 4.60. The quantitative estimate of drug-likeness (QED) is 0.784. The summed E-state index contributed by atoms with van der Waals surface area (Å²) in [6.45, 7) is 0. The van der Waals surface area contributed by atoms with Crippen LogP contribution in [0.15, 0.2) is 79.1 Å². The number of pyridine rings is 1. The summed E-state index contributed by atoms with van der Waals surface area (Å²) in [5, 5.41) is 2.91. The van der Waals surface area contributed by atoms with Gasteiger partial charge in [-0.25, -0.2) is 0 Å². The van der Waals surface area contributed by atoms with Gasteiger partial charge in [-0.15, -0.1) is 0 Å². The zero-order valence-electron chi connectivity index (χ0n) is 11.4. The molecule has 0 saturated carbocycles. The molecule has 1 heterocycles. The van der Waals surface area contributed by atoms with Gasteiger partial charge in [-0.3, -0.25) is 9.78 Å². The van der Waals surface area contributed by atoms with E-state index >= 15 is 0 Å². The Morgan fingerprint density at radius 1 is 0.810 bits per heavy atom. The molecule has 3 rings (SSSR count). The molecule has 0 unspecified atom stereocenters. The van der Waals surface area contributed by atoms with Crippen LogP contribution in [0.4, 0.5) is 5.69 Å². The number of carbonyl (C=O) groups is 1. The molecule has 0 aliphatic heterocycles. The molecule has 0 spiro atoms. The number of carbonyl (C=O) groups excluding carboxylic acids is 1. The maximum absolute atomic E-state index is 12.5. The van der Waals surface area contributed by atoms with Gasteiger partial charge in [0.2, 0.25) is 0 Å². The van der Waals surface area contributed by atoms with E-state index in [2.05, 4.69) is 10.3 Å². The normalized spacial score (nSPS) is 10.1. The van der Waals surface area contributed by atoms with E-state index in [0.29, 0.717) is 5.56 Å². The van der Waals surface area contributed by atoms with Crippen molar-refractivity contribution in [3.05, 3.63) is 84.7 Å². The third-order valence-corrected chi connectivity index (χ3v) is 3.19. The van der Waals surface area contributed by atoms with Gasteiger partial charge < -0.3 is 5.32 Å². The molecule has 102 valence electrons. The summed E-state index contributed by atoms with van der Waals surface area (Å²) in [5.41, 5.74) is 3.30. The van der Waals surface area contributed by atoms with Crippen LogP contribution in [0.25, 0.3) is 11.1 Å². The summed E-state index contributed by atoms with van der Waals surface area (Å²) in [6.07, 6.45) is 3.45. The van der Waals surface area contributed by atoms with Crippen molar-refractivity contribution >= 4 is 11.6 Å². The largest absolute Gasteiger partial charge is 0.322 e. The molecule has 0 saturated heterocycles. The van der Waals surface area contributed by atoms with Crippen molar-refractivity contribution < 1.29 is 4.79 Å². The van der Waals surface area contributed by atoms with Crippen molar-refractivity contribution in [2.45, 2.75) is 0 Å². The summed E-state index contributed by atoms with van der Waals surface area (Å²) >= 11 is 0. The SMILES string of the molecule is O=C(Nc1ccccc1)c1ccccc1-c1ccncc1. The number of aromatic nitrogens is 1. The van der Waals surface area contributed by atoms with Crippen LogP contribution in [0.3, 0.4) is 0 Å². The number of hydrogen-bond donors (Lipinski definition) is 1. The third kappa shape index (κ3) is 2.98. The van der Waals surface area contributed by atoms with E-state index in [-0.39, 0.29) is 5.91 Å². The van der Waals surface area contributed by atoms with Crippen molar-refractivity contribution in [1.29, 1.82) is 0 Å². The van der Waals surface area contributed by atoms with Gasteiger partial charge in [-0.1, -0.05) is 36.4 Å². The fraction of sp³-hybridized carbons (Fsp3) is 0. The predicted octanol–water partition coefficient (Wildman–Crippen LogP) is 4.00. The average Bonchev–Trinajstić information content (AvgIpc) is 2.56. The first-order valence-electron chi connectivity index (χ1n) is 6.70. The van der Waals surface area contributed by atoms with Crippen molar-refractivity contribution in [2.75, 3.05) is 5.32 Å². The molecule has 0 fully saturated rings. The van der Waals surface area contributed by atoms with E-state index in [1.54, 1.807) is 12.4 Å². The molecule has 3 aromatic rings. The standard InChI is InChI=1S/C18H14N2O/c21-18(20-15-6-2-1-3-7-15)17-9-5-4-8-16(17)14-10-12-19-13-11-14/h1-13H,(H,20,21). The zero-order valence-corrected chi connectivity index (χ0v) is 11.4. The first-order valence-corrected chi connectivity index (χ1v) is 6.70. The number of hydrogen-bond acceptors (Lipinski definition) is 2. The lowest BCUT2D eigenvalue weighted by Gasteiger charge is -2.10. The Hall–Kier alpha value is -2.94. The van der Waals surface area contributed by atoms with Crippen LogP contribution in [0.2, 0.25) is 0 Å². The minimum Gasteiger partial charge on any atom is -0.322 e. The predicted molar refractivity (Wildman–Crippen MR) is 84.1 cm³/mol. The van der Waals surface area contributed by atoms with Crippen molar-refractivity contribution in [3.8, 4) is 11.1 Å². The lowest BCUT2D eigenvalue weighted by atomic mass is 10.00. The van der Waals surface area contributed by atoms with Crippen molar-refractivity contribution in [1.82, 2.24) is 4.98 Å². The average molecular weight is 274 g/mol. The number of para-hydroxylation sites is 1. The topological polar surface area (TPSA) is 42.0 Å². The summed E-state index contributed by atoms with van der Waals surface area (Å²) < 4.78 is 0. The molecule has 3 nitrogen and oxygen atoms in total. The lowest BCUT2D eigenvalue weighted by molar-refractivity contribution is 0.102. The molecule has 1 amide bonds. The van der Waals surface area contributed by atoms with Crippen LogP contribution >= 0.6 is 0 Å². The molecule has 0 radical (unpaired) electrons. The highest BCUT2D eigenvalue weighted by Crippen LogP contribution is 2.23. The minimum absolute atomic E-state index is 0.117. The zero-order chi connectivity index (χ0) is 14.5. The molecule has 0 atom stereocenters. The number of rotatable bonds is 3. The van der Waals surface area contributed by atoms with E-state index in [4.69, 9.17) is 0 Å². The molecule has 2 aromatic carbocycles. The molecule has 0 aliphatic carbocycles. The molecule has 1 aromatic heterocycles. The van der Waals surface area contributed by atoms with Gasteiger partial charge in [0.1, 0.15) is 0 Å². The highest BCUT2D eigenvalue weighted by molar-refractivity contribution is 6.08. The molecular formula is C18H14N2O. The van der Waals surface area contributed by atoms with Crippen LogP contribution in [-0.4, -0.2) is 10.9 Å². The van der Waals surface area contributed by atoms with Gasteiger partial charge >= 0.3 is 0 Å². The fourth-order valence-corrected chi connectivity index (χ4v) is 2.18. The number of amides is 1. The van der Waals surface area contributed by atoms with Gasteiger partial charge in [0, 0.05) is 23.6 Å². The molecular weight excluding hydrogens is 260 g/mol. The summed E-state index contributed by atoms with van der Waals surface area (Å²) in [5.74, 6) is -0.117. The second kappa shape index (κ2) is 6.01. The van der Waals surface area contributed by atoms with E-state index in [1.165, 1.54) is 0 Å². The Morgan fingerprint density at radius 2 is 1.48 bits per heavy atom. The maximum atomic E-state index is 12.5. The smallest absolute Gasteiger partial charge is 0.256 e. The Morgan fingerprint density at radius 3 is 2.24 bits per heavy atom. The number of anilines is 1. The van der Waals surface area contributed by atoms with Gasteiger partial charge in [-0.05, 0) is 41.5 Å². The van der Waals surface area contributed by atoms with E-state index in [0.717, 1.165) is 16.8 Å². The van der Waals surface area contributed by atoms with Crippen LogP contribution in [0, 0.1) is 0 Å². The molecule has 3 heteroatoms. The van der Waals surface area contributed by atoms with Gasteiger partial charge in [0.05, 0.1) is 0 Å². The van der Waals surface area contributed by atoms with Gasteiger partial charge in [0.25, 0.3) is 5.91 Å². The van der Waals surface area contributed by atoms with Crippen LogP contribution < -0.4 is 5.32 Å². The molecule has 0 aliphatic rings. The Kier molecular flexibility index (Phi) is 3.74. The Bertz CT molecular complexity index is 739. The van der Waals surface area contributed by atoms with Crippen LogP contribution in [0.5, 0.6) is 0 Å². The summed E-state index contributed by atoms with van der Waals surface area (Å²) in [4.78, 5) is 16.5. The first kappa shape index (κ1) is 13.1. The number of nitrogens with zero attached hydrogens (tertiary/aromatic N) is 1. The Balaban J connectivity index is 1.94. The van der Waals surface area contributed by atoms with Crippen LogP contribution in [-0.2, 0) is 0 Å². The monoisotopic (exact) mass is 274 g/mol. The van der Waals surface area contributed by atoms with E-state index < -0.39 is 0 Å². The minimum atomic E-state index is -0.117.